The van der Waals surface area contributed by atoms with Gasteiger partial charge < -0.3 is 15.3 Å². The van der Waals surface area contributed by atoms with Crippen LogP contribution in [0.25, 0.3) is 0 Å². The second kappa shape index (κ2) is 9.30. The van der Waals surface area contributed by atoms with Crippen molar-refractivity contribution in [1.29, 1.82) is 0 Å². The van der Waals surface area contributed by atoms with E-state index in [4.69, 9.17) is 0 Å². The summed E-state index contributed by atoms with van der Waals surface area (Å²) in [4.78, 5) is 25.8. The molecule has 1 fully saturated rings. The molecule has 1 aromatic carbocycles. The van der Waals surface area contributed by atoms with Crippen LogP contribution in [0.1, 0.15) is 50.1 Å². The molecule has 0 spiro atoms. The molecule has 1 amide bonds. The van der Waals surface area contributed by atoms with Crippen LogP contribution in [0.5, 0.6) is 0 Å². The number of rotatable bonds is 6. The molecule has 0 saturated carbocycles. The van der Waals surface area contributed by atoms with Crippen LogP contribution in [0.4, 0.5) is 0 Å². The fourth-order valence-corrected chi connectivity index (χ4v) is 2.96. The number of aliphatic carboxylic acids is 1. The Morgan fingerprint density at radius 1 is 1.04 bits per heavy atom. The van der Waals surface area contributed by atoms with Crippen molar-refractivity contribution in [1.82, 2.24) is 10.2 Å². The van der Waals surface area contributed by atoms with Crippen molar-refractivity contribution < 1.29 is 14.7 Å². The van der Waals surface area contributed by atoms with Crippen molar-refractivity contribution in [2.45, 2.75) is 44.6 Å². The average molecular weight is 318 g/mol. The molecule has 1 heterocycles. The average Bonchev–Trinajstić information content (AvgIpc) is 2.52. The number of carbonyl (C=O) groups is 2. The molecule has 126 valence electrons. The molecular weight excluding hydrogens is 292 g/mol. The van der Waals surface area contributed by atoms with E-state index in [1.807, 2.05) is 6.07 Å². The summed E-state index contributed by atoms with van der Waals surface area (Å²) in [6.07, 6.45) is 6.55. The van der Waals surface area contributed by atoms with Crippen LogP contribution >= 0.6 is 0 Å². The highest BCUT2D eigenvalue weighted by atomic mass is 16.4. The molecule has 1 saturated heterocycles. The molecule has 23 heavy (non-hydrogen) atoms. The van der Waals surface area contributed by atoms with Gasteiger partial charge in [0.1, 0.15) is 0 Å². The van der Waals surface area contributed by atoms with E-state index in [9.17, 15) is 14.7 Å². The Morgan fingerprint density at radius 2 is 1.65 bits per heavy atom. The molecule has 0 aromatic heterocycles. The first kappa shape index (κ1) is 17.5. The lowest BCUT2D eigenvalue weighted by atomic mass is 10.1. The Bertz CT molecular complexity index is 496. The van der Waals surface area contributed by atoms with E-state index < -0.39 is 12.0 Å². The van der Waals surface area contributed by atoms with E-state index in [-0.39, 0.29) is 5.91 Å². The van der Waals surface area contributed by atoms with Gasteiger partial charge in [-0.05, 0) is 31.5 Å². The Kier molecular flexibility index (Phi) is 7.07. The third-order valence-electron chi connectivity index (χ3n) is 4.29. The Balaban J connectivity index is 1.83. The quantitative estimate of drug-likeness (QED) is 0.846. The molecule has 1 aliphatic rings. The lowest BCUT2D eigenvalue weighted by Gasteiger charge is -2.24. The third-order valence-corrected chi connectivity index (χ3v) is 4.29. The minimum absolute atomic E-state index is 0.205. The maximum absolute atomic E-state index is 12.1. The largest absolute Gasteiger partial charge is 0.479 e. The van der Waals surface area contributed by atoms with Crippen LogP contribution in [0.2, 0.25) is 0 Å². The number of likely N-dealkylation sites (tertiary alicyclic amines) is 1. The molecular formula is C18H26N2O3. The summed E-state index contributed by atoms with van der Waals surface area (Å²) in [5, 5.41) is 12.0. The number of carboxylic acids is 1. The van der Waals surface area contributed by atoms with Gasteiger partial charge in [0, 0.05) is 13.0 Å². The minimum Gasteiger partial charge on any atom is -0.479 e. The maximum Gasteiger partial charge on any atom is 0.330 e. The van der Waals surface area contributed by atoms with Crippen molar-refractivity contribution in [3.8, 4) is 0 Å². The van der Waals surface area contributed by atoms with E-state index in [1.54, 1.807) is 24.3 Å². The molecule has 0 aliphatic carbocycles. The van der Waals surface area contributed by atoms with Gasteiger partial charge in [-0.2, -0.15) is 0 Å². The Morgan fingerprint density at radius 3 is 2.26 bits per heavy atom. The van der Waals surface area contributed by atoms with Crippen LogP contribution in [-0.2, 0) is 9.59 Å². The van der Waals surface area contributed by atoms with Crippen LogP contribution in [-0.4, -0.2) is 41.5 Å². The molecule has 1 aliphatic heterocycles. The molecule has 5 heteroatoms. The topological polar surface area (TPSA) is 69.6 Å². The Hall–Kier alpha value is -1.88. The summed E-state index contributed by atoms with van der Waals surface area (Å²) in [7, 11) is 0. The van der Waals surface area contributed by atoms with E-state index in [0.717, 1.165) is 13.1 Å². The van der Waals surface area contributed by atoms with Gasteiger partial charge in [-0.25, -0.2) is 4.79 Å². The predicted octanol–water partition coefficient (Wildman–Crippen LogP) is 2.58. The minimum atomic E-state index is -1.03. The molecule has 1 aromatic rings. The molecule has 0 unspecified atom stereocenters. The van der Waals surface area contributed by atoms with Crippen LogP contribution < -0.4 is 5.32 Å². The summed E-state index contributed by atoms with van der Waals surface area (Å²) in [5.41, 5.74) is 0.597. The standard InChI is InChI=1S/C18H26N2O3/c21-16(11-14-20-12-7-2-1-3-8-13-20)19-17(18(22)23)15-9-5-4-6-10-15/h4-6,9-10,17H,1-3,7-8,11-14H2,(H,19,21)(H,22,23)/t17-/m0/s1. The zero-order valence-electron chi connectivity index (χ0n) is 13.5. The number of carboxylic acid groups (broad SMARTS) is 1. The molecule has 0 radical (unpaired) electrons. The SMILES string of the molecule is O=C(CCN1CCCCCCC1)N[C@H](C(=O)O)c1ccccc1. The van der Waals surface area contributed by atoms with Gasteiger partial charge in [-0.3, -0.25) is 4.79 Å². The number of hydrogen-bond acceptors (Lipinski definition) is 3. The van der Waals surface area contributed by atoms with Crippen molar-refractivity contribution in [2.75, 3.05) is 19.6 Å². The fraction of sp³-hybridized carbons (Fsp3) is 0.556. The predicted molar refractivity (Wildman–Crippen MR) is 89.1 cm³/mol. The summed E-state index contributed by atoms with van der Waals surface area (Å²) in [6, 6.07) is 7.84. The van der Waals surface area contributed by atoms with Gasteiger partial charge >= 0.3 is 5.97 Å². The number of nitrogens with one attached hydrogen (secondary N) is 1. The van der Waals surface area contributed by atoms with Gasteiger partial charge in [0.15, 0.2) is 6.04 Å². The number of nitrogens with zero attached hydrogens (tertiary/aromatic N) is 1. The summed E-state index contributed by atoms with van der Waals surface area (Å²) in [6.45, 7) is 2.77. The number of carbonyl (C=O) groups excluding carboxylic acids is 1. The van der Waals surface area contributed by atoms with Gasteiger partial charge in [-0.15, -0.1) is 0 Å². The molecule has 1 atom stereocenters. The van der Waals surface area contributed by atoms with Crippen LogP contribution in [0.3, 0.4) is 0 Å². The van der Waals surface area contributed by atoms with Crippen molar-refractivity contribution in [3.05, 3.63) is 35.9 Å². The third kappa shape index (κ3) is 6.02. The van der Waals surface area contributed by atoms with Gasteiger partial charge in [-0.1, -0.05) is 49.6 Å². The number of hydrogen-bond donors (Lipinski definition) is 2. The lowest BCUT2D eigenvalue weighted by Crippen LogP contribution is -2.37. The fourth-order valence-electron chi connectivity index (χ4n) is 2.96. The van der Waals surface area contributed by atoms with Crippen molar-refractivity contribution >= 4 is 11.9 Å². The molecule has 2 rings (SSSR count). The second-order valence-electron chi connectivity index (χ2n) is 6.11. The van der Waals surface area contributed by atoms with Gasteiger partial charge in [0.05, 0.1) is 0 Å². The van der Waals surface area contributed by atoms with Crippen molar-refractivity contribution in [2.24, 2.45) is 0 Å². The maximum atomic E-state index is 12.1. The normalized spacial score (nSPS) is 17.7. The van der Waals surface area contributed by atoms with Gasteiger partial charge in [0.25, 0.3) is 0 Å². The van der Waals surface area contributed by atoms with E-state index in [0.29, 0.717) is 18.5 Å². The highest BCUT2D eigenvalue weighted by Crippen LogP contribution is 2.14. The van der Waals surface area contributed by atoms with E-state index in [1.165, 1.54) is 32.1 Å². The molecule has 5 nitrogen and oxygen atoms in total. The second-order valence-corrected chi connectivity index (χ2v) is 6.11. The summed E-state index contributed by atoms with van der Waals surface area (Å²) < 4.78 is 0. The van der Waals surface area contributed by atoms with E-state index in [2.05, 4.69) is 10.2 Å². The van der Waals surface area contributed by atoms with E-state index >= 15 is 0 Å². The summed E-state index contributed by atoms with van der Waals surface area (Å²) >= 11 is 0. The smallest absolute Gasteiger partial charge is 0.330 e. The number of amides is 1. The zero-order chi connectivity index (χ0) is 16.5. The molecule has 0 bridgehead atoms. The Labute approximate surface area is 137 Å². The first-order valence-corrected chi connectivity index (χ1v) is 8.46. The zero-order valence-corrected chi connectivity index (χ0v) is 13.5. The van der Waals surface area contributed by atoms with Gasteiger partial charge in [0.2, 0.25) is 5.91 Å². The first-order valence-electron chi connectivity index (χ1n) is 8.46. The van der Waals surface area contributed by atoms with Crippen LogP contribution in [0, 0.1) is 0 Å². The molecule has 2 N–H and O–H groups in total. The first-order chi connectivity index (χ1) is 11.2. The highest BCUT2D eigenvalue weighted by molar-refractivity contribution is 5.84. The highest BCUT2D eigenvalue weighted by Gasteiger charge is 2.22. The lowest BCUT2D eigenvalue weighted by molar-refractivity contribution is -0.142. The van der Waals surface area contributed by atoms with Crippen molar-refractivity contribution in [3.63, 3.8) is 0 Å². The summed E-state index contributed by atoms with van der Waals surface area (Å²) in [5.74, 6) is -1.24. The number of benzene rings is 1. The monoisotopic (exact) mass is 318 g/mol. The van der Waals surface area contributed by atoms with Crippen LogP contribution in [0.15, 0.2) is 30.3 Å².